The van der Waals surface area contributed by atoms with Gasteiger partial charge in [-0.05, 0) is 46.1 Å². The second-order valence-electron chi connectivity index (χ2n) is 6.98. The van der Waals surface area contributed by atoms with Gasteiger partial charge >= 0.3 is 0 Å². The molecule has 2 saturated carbocycles. The first kappa shape index (κ1) is 15.5. The molecule has 0 radical (unpaired) electrons. The van der Waals surface area contributed by atoms with Gasteiger partial charge in [0.25, 0.3) is 11.7 Å². The number of hydrogen-bond donors (Lipinski definition) is 1. The van der Waals surface area contributed by atoms with Gasteiger partial charge in [-0.25, -0.2) is 9.50 Å². The Morgan fingerprint density at radius 1 is 1.42 bits per heavy atom. The molecule has 7 heteroatoms. The van der Waals surface area contributed by atoms with Crippen LogP contribution in [0.4, 0.5) is 0 Å². The van der Waals surface area contributed by atoms with Gasteiger partial charge in [-0.3, -0.25) is 4.79 Å². The Bertz CT molecular complexity index is 796. The van der Waals surface area contributed by atoms with Crippen molar-refractivity contribution in [2.45, 2.75) is 58.6 Å². The van der Waals surface area contributed by atoms with E-state index in [1.807, 2.05) is 26.8 Å². The van der Waals surface area contributed by atoms with E-state index in [4.69, 9.17) is 4.74 Å². The van der Waals surface area contributed by atoms with E-state index in [-0.39, 0.29) is 29.3 Å². The molecule has 24 heavy (non-hydrogen) atoms. The minimum absolute atomic E-state index is 0.135. The molecule has 1 N–H and O–H groups in total. The minimum atomic E-state index is -0.219. The molecule has 1 amide bonds. The van der Waals surface area contributed by atoms with E-state index < -0.39 is 0 Å². The summed E-state index contributed by atoms with van der Waals surface area (Å²) in [5, 5.41) is 7.44. The smallest absolute Gasteiger partial charge is 0.291 e. The van der Waals surface area contributed by atoms with E-state index in [0.29, 0.717) is 5.78 Å². The fourth-order valence-corrected chi connectivity index (χ4v) is 4.13. The van der Waals surface area contributed by atoms with Crippen LogP contribution in [-0.4, -0.2) is 44.2 Å². The van der Waals surface area contributed by atoms with Gasteiger partial charge < -0.3 is 10.1 Å². The van der Waals surface area contributed by atoms with E-state index in [2.05, 4.69) is 20.4 Å². The summed E-state index contributed by atoms with van der Waals surface area (Å²) in [4.78, 5) is 21.2. The van der Waals surface area contributed by atoms with Crippen LogP contribution < -0.4 is 5.32 Å². The van der Waals surface area contributed by atoms with E-state index in [1.165, 1.54) is 6.42 Å². The molecular weight excluding hydrogens is 306 g/mol. The largest absolute Gasteiger partial charge is 0.378 e. The summed E-state index contributed by atoms with van der Waals surface area (Å²) in [5.74, 6) is 0.436. The molecule has 2 heterocycles. The van der Waals surface area contributed by atoms with Gasteiger partial charge in [-0.2, -0.15) is 4.98 Å². The van der Waals surface area contributed by atoms with Crippen LogP contribution >= 0.6 is 0 Å². The molecule has 0 bridgehead atoms. The summed E-state index contributed by atoms with van der Waals surface area (Å²) in [7, 11) is 0. The number of rotatable bonds is 4. The molecule has 4 rings (SSSR count). The van der Waals surface area contributed by atoms with Gasteiger partial charge in [0.05, 0.1) is 6.10 Å². The molecule has 0 aliphatic heterocycles. The maximum atomic E-state index is 12.6. The van der Waals surface area contributed by atoms with Crippen molar-refractivity contribution >= 4 is 11.7 Å². The summed E-state index contributed by atoms with van der Waals surface area (Å²) in [5.41, 5.74) is 1.92. The van der Waals surface area contributed by atoms with Crippen molar-refractivity contribution in [2.24, 2.45) is 5.41 Å². The molecule has 7 nitrogen and oxygen atoms in total. The quantitative estimate of drug-likeness (QED) is 0.925. The summed E-state index contributed by atoms with van der Waals surface area (Å²) in [6.45, 7) is 6.59. The highest BCUT2D eigenvalue weighted by atomic mass is 16.5. The fourth-order valence-electron chi connectivity index (χ4n) is 4.13. The third-order valence-corrected chi connectivity index (χ3v) is 5.56. The zero-order chi connectivity index (χ0) is 16.9. The van der Waals surface area contributed by atoms with Crippen LogP contribution in [0, 0.1) is 19.3 Å². The molecular formula is C17H23N5O2. The number of carbonyl (C=O) groups excluding carboxylic acids is 1. The van der Waals surface area contributed by atoms with Gasteiger partial charge in [-0.1, -0.05) is 6.42 Å². The molecule has 1 spiro atoms. The Morgan fingerprint density at radius 2 is 2.21 bits per heavy atom. The first-order valence-electron chi connectivity index (χ1n) is 8.67. The number of aryl methyl sites for hydroxylation is 2. The topological polar surface area (TPSA) is 81.4 Å². The third-order valence-electron chi connectivity index (χ3n) is 5.56. The van der Waals surface area contributed by atoms with Crippen LogP contribution in [0.25, 0.3) is 5.78 Å². The van der Waals surface area contributed by atoms with Crippen molar-refractivity contribution in [1.82, 2.24) is 24.9 Å². The van der Waals surface area contributed by atoms with Crippen molar-refractivity contribution < 1.29 is 9.53 Å². The van der Waals surface area contributed by atoms with Crippen LogP contribution in [0.1, 0.15) is 54.6 Å². The molecule has 2 aromatic rings. The molecule has 2 aliphatic rings. The lowest BCUT2D eigenvalue weighted by atomic mass is 9.51. The van der Waals surface area contributed by atoms with Crippen LogP contribution in [0.2, 0.25) is 0 Å². The molecule has 2 aromatic heterocycles. The Kier molecular flexibility index (Phi) is 3.56. The standard InChI is InChI=1S/C17H23N5O2/c1-4-24-13-9-12(17(13)6-5-7-17)19-15(23)14-20-16-18-10(2)8-11(3)22(16)21-14/h8,12-13H,4-7,9H2,1-3H3,(H,19,23)/t12-,13+/m1/s1. The maximum Gasteiger partial charge on any atom is 0.291 e. The predicted molar refractivity (Wildman–Crippen MR) is 87.8 cm³/mol. The zero-order valence-electron chi connectivity index (χ0n) is 14.4. The highest BCUT2D eigenvalue weighted by Gasteiger charge is 2.59. The van der Waals surface area contributed by atoms with Gasteiger partial charge in [0.1, 0.15) is 0 Å². The van der Waals surface area contributed by atoms with Crippen molar-refractivity contribution in [2.75, 3.05) is 6.61 Å². The van der Waals surface area contributed by atoms with Crippen molar-refractivity contribution in [1.29, 1.82) is 0 Å². The second kappa shape index (κ2) is 5.51. The van der Waals surface area contributed by atoms with Crippen LogP contribution in [0.15, 0.2) is 6.07 Å². The number of ether oxygens (including phenoxy) is 1. The molecule has 2 atom stereocenters. The number of hydrogen-bond acceptors (Lipinski definition) is 5. The third kappa shape index (κ3) is 2.22. The van der Waals surface area contributed by atoms with E-state index in [1.54, 1.807) is 4.52 Å². The summed E-state index contributed by atoms with van der Waals surface area (Å²) >= 11 is 0. The normalized spacial score (nSPS) is 24.6. The molecule has 0 unspecified atom stereocenters. The number of nitrogens with zero attached hydrogens (tertiary/aromatic N) is 4. The van der Waals surface area contributed by atoms with Crippen LogP contribution in [-0.2, 0) is 4.74 Å². The first-order valence-corrected chi connectivity index (χ1v) is 8.67. The molecule has 128 valence electrons. The molecule has 0 aromatic carbocycles. The highest BCUT2D eigenvalue weighted by Crippen LogP contribution is 2.57. The van der Waals surface area contributed by atoms with E-state index in [9.17, 15) is 4.79 Å². The van der Waals surface area contributed by atoms with Crippen LogP contribution in [0.3, 0.4) is 0 Å². The predicted octanol–water partition coefficient (Wildman–Crippen LogP) is 1.82. The minimum Gasteiger partial charge on any atom is -0.378 e. The lowest BCUT2D eigenvalue weighted by Gasteiger charge is -2.60. The van der Waals surface area contributed by atoms with Crippen LogP contribution in [0.5, 0.6) is 0 Å². The fraction of sp³-hybridized carbons (Fsp3) is 0.647. The van der Waals surface area contributed by atoms with Gasteiger partial charge in [0, 0.05) is 29.5 Å². The van der Waals surface area contributed by atoms with Gasteiger partial charge in [-0.15, -0.1) is 5.10 Å². The monoisotopic (exact) mass is 329 g/mol. The summed E-state index contributed by atoms with van der Waals surface area (Å²) < 4.78 is 7.45. The van der Waals surface area contributed by atoms with Crippen molar-refractivity contribution in [3.05, 3.63) is 23.3 Å². The zero-order valence-corrected chi connectivity index (χ0v) is 14.4. The average molecular weight is 329 g/mol. The highest BCUT2D eigenvalue weighted by molar-refractivity contribution is 5.91. The number of aromatic nitrogens is 4. The first-order chi connectivity index (χ1) is 11.5. The number of carbonyl (C=O) groups is 1. The molecule has 2 aliphatic carbocycles. The van der Waals surface area contributed by atoms with E-state index in [0.717, 1.165) is 37.3 Å². The Hall–Kier alpha value is -2.02. The Morgan fingerprint density at radius 3 is 2.88 bits per heavy atom. The Balaban J connectivity index is 1.52. The van der Waals surface area contributed by atoms with Gasteiger partial charge in [0.2, 0.25) is 5.82 Å². The number of amides is 1. The molecule has 2 fully saturated rings. The number of nitrogens with one attached hydrogen (secondary N) is 1. The molecule has 0 saturated heterocycles. The lowest BCUT2D eigenvalue weighted by molar-refractivity contribution is -0.169. The second-order valence-corrected chi connectivity index (χ2v) is 6.98. The summed E-state index contributed by atoms with van der Waals surface area (Å²) in [6, 6.07) is 2.09. The SMILES string of the molecule is CCO[C@H]1C[C@@H](NC(=O)c2nc3nc(C)cc(C)n3n2)C12CCC2. The Labute approximate surface area is 140 Å². The van der Waals surface area contributed by atoms with E-state index >= 15 is 0 Å². The summed E-state index contributed by atoms with van der Waals surface area (Å²) in [6.07, 6.45) is 4.62. The van der Waals surface area contributed by atoms with Gasteiger partial charge in [0.15, 0.2) is 0 Å². The number of fused-ring (bicyclic) bond motifs is 1. The van der Waals surface area contributed by atoms with Crippen molar-refractivity contribution in [3.8, 4) is 0 Å². The lowest BCUT2D eigenvalue weighted by Crippen LogP contribution is -2.67. The average Bonchev–Trinajstić information content (AvgIpc) is 2.88. The maximum absolute atomic E-state index is 12.6. The van der Waals surface area contributed by atoms with Crippen molar-refractivity contribution in [3.63, 3.8) is 0 Å².